The van der Waals surface area contributed by atoms with E-state index in [9.17, 15) is 13.2 Å². The number of benzene rings is 1. The molecular formula is C16H23N3O4S. The maximum atomic E-state index is 12.1. The second kappa shape index (κ2) is 7.08. The first-order chi connectivity index (χ1) is 11.4. The van der Waals surface area contributed by atoms with Crippen LogP contribution in [-0.4, -0.2) is 57.4 Å². The third-order valence-electron chi connectivity index (χ3n) is 4.45. The summed E-state index contributed by atoms with van der Waals surface area (Å²) in [6, 6.07) is 5.66. The fourth-order valence-corrected chi connectivity index (χ4v) is 4.07. The SMILES string of the molecule is CS(=O)(=O)N1CCO[C@@H](CNC(=O)Nc2cccc3c2CCC3)C1. The number of aryl methyl sites for hydroxylation is 1. The van der Waals surface area contributed by atoms with Crippen molar-refractivity contribution in [2.75, 3.05) is 37.8 Å². The lowest BCUT2D eigenvalue weighted by atomic mass is 10.1. The predicted octanol–water partition coefficient (Wildman–Crippen LogP) is 0.957. The average molecular weight is 353 g/mol. The lowest BCUT2D eigenvalue weighted by Gasteiger charge is -2.31. The molecule has 2 amide bonds. The van der Waals surface area contributed by atoms with E-state index in [-0.39, 0.29) is 25.2 Å². The molecule has 1 aromatic rings. The molecule has 1 atom stereocenters. The number of nitrogens with one attached hydrogen (secondary N) is 2. The Labute approximate surface area is 142 Å². The topological polar surface area (TPSA) is 87.7 Å². The fourth-order valence-electron chi connectivity index (χ4n) is 3.23. The van der Waals surface area contributed by atoms with E-state index in [1.165, 1.54) is 21.7 Å². The van der Waals surface area contributed by atoms with E-state index in [1.54, 1.807) is 0 Å². The van der Waals surface area contributed by atoms with E-state index in [0.717, 1.165) is 24.9 Å². The van der Waals surface area contributed by atoms with Crippen molar-refractivity contribution in [3.05, 3.63) is 29.3 Å². The summed E-state index contributed by atoms with van der Waals surface area (Å²) in [4.78, 5) is 12.1. The number of urea groups is 1. The van der Waals surface area contributed by atoms with Crippen molar-refractivity contribution in [3.8, 4) is 0 Å². The first-order valence-electron chi connectivity index (χ1n) is 8.16. The number of fused-ring (bicyclic) bond motifs is 1. The molecular weight excluding hydrogens is 330 g/mol. The largest absolute Gasteiger partial charge is 0.374 e. The monoisotopic (exact) mass is 353 g/mol. The van der Waals surface area contributed by atoms with Gasteiger partial charge in [0.15, 0.2) is 0 Å². The summed E-state index contributed by atoms with van der Waals surface area (Å²) in [7, 11) is -3.23. The minimum Gasteiger partial charge on any atom is -0.374 e. The van der Waals surface area contributed by atoms with Gasteiger partial charge in [-0.1, -0.05) is 12.1 Å². The van der Waals surface area contributed by atoms with Gasteiger partial charge in [0, 0.05) is 25.3 Å². The molecule has 0 aromatic heterocycles. The van der Waals surface area contributed by atoms with Crippen molar-refractivity contribution in [2.45, 2.75) is 25.4 Å². The van der Waals surface area contributed by atoms with Crippen LogP contribution in [0.1, 0.15) is 17.5 Å². The Morgan fingerprint density at radius 2 is 2.21 bits per heavy atom. The Balaban J connectivity index is 1.52. The van der Waals surface area contributed by atoms with Crippen molar-refractivity contribution in [1.82, 2.24) is 9.62 Å². The molecule has 3 rings (SSSR count). The number of amides is 2. The van der Waals surface area contributed by atoms with Crippen molar-refractivity contribution < 1.29 is 17.9 Å². The zero-order valence-corrected chi connectivity index (χ0v) is 14.6. The van der Waals surface area contributed by atoms with Crippen LogP contribution in [0.25, 0.3) is 0 Å². The Morgan fingerprint density at radius 3 is 3.00 bits per heavy atom. The summed E-state index contributed by atoms with van der Waals surface area (Å²) in [5.74, 6) is 0. The first-order valence-corrected chi connectivity index (χ1v) is 10.0. The smallest absolute Gasteiger partial charge is 0.319 e. The van der Waals surface area contributed by atoms with Gasteiger partial charge < -0.3 is 15.4 Å². The molecule has 0 saturated carbocycles. The van der Waals surface area contributed by atoms with E-state index in [0.29, 0.717) is 13.2 Å². The fraction of sp³-hybridized carbons (Fsp3) is 0.562. The Hall–Kier alpha value is -1.64. The Kier molecular flexibility index (Phi) is 5.07. The van der Waals surface area contributed by atoms with Crippen molar-refractivity contribution in [2.24, 2.45) is 0 Å². The molecule has 0 radical (unpaired) electrons. The molecule has 2 aliphatic rings. The summed E-state index contributed by atoms with van der Waals surface area (Å²) in [5, 5.41) is 5.65. The van der Waals surface area contributed by atoms with Gasteiger partial charge in [-0.05, 0) is 36.5 Å². The third-order valence-corrected chi connectivity index (χ3v) is 5.72. The van der Waals surface area contributed by atoms with E-state index < -0.39 is 10.0 Å². The van der Waals surface area contributed by atoms with Gasteiger partial charge in [-0.3, -0.25) is 0 Å². The quantitative estimate of drug-likeness (QED) is 0.844. The highest BCUT2D eigenvalue weighted by Crippen LogP contribution is 2.28. The van der Waals surface area contributed by atoms with Gasteiger partial charge in [-0.2, -0.15) is 4.31 Å². The lowest BCUT2D eigenvalue weighted by Crippen LogP contribution is -2.49. The molecule has 1 aliphatic carbocycles. The molecule has 1 aliphatic heterocycles. The van der Waals surface area contributed by atoms with Gasteiger partial charge in [0.1, 0.15) is 0 Å². The number of anilines is 1. The molecule has 7 nitrogen and oxygen atoms in total. The summed E-state index contributed by atoms with van der Waals surface area (Å²) < 4.78 is 30.1. The normalized spacial score (nSPS) is 21.3. The number of nitrogens with zero attached hydrogens (tertiary/aromatic N) is 1. The summed E-state index contributed by atoms with van der Waals surface area (Å²) in [6.45, 7) is 1.23. The van der Waals surface area contributed by atoms with Crippen LogP contribution in [0.3, 0.4) is 0 Å². The number of hydrogen-bond donors (Lipinski definition) is 2. The summed E-state index contributed by atoms with van der Waals surface area (Å²) in [5.41, 5.74) is 3.36. The van der Waals surface area contributed by atoms with E-state index in [2.05, 4.69) is 16.7 Å². The van der Waals surface area contributed by atoms with Gasteiger partial charge >= 0.3 is 6.03 Å². The molecule has 2 N–H and O–H groups in total. The molecule has 1 fully saturated rings. The molecule has 0 bridgehead atoms. The number of carbonyl (C=O) groups excluding carboxylic acids is 1. The zero-order chi connectivity index (χ0) is 17.2. The van der Waals surface area contributed by atoms with Crippen LogP contribution in [0.5, 0.6) is 0 Å². The number of ether oxygens (including phenoxy) is 1. The number of morpholine rings is 1. The van der Waals surface area contributed by atoms with E-state index in [1.807, 2.05) is 12.1 Å². The molecule has 0 spiro atoms. The number of rotatable bonds is 4. The van der Waals surface area contributed by atoms with Gasteiger partial charge in [-0.15, -0.1) is 0 Å². The Bertz CT molecular complexity index is 720. The van der Waals surface area contributed by atoms with Crippen LogP contribution in [0.2, 0.25) is 0 Å². The van der Waals surface area contributed by atoms with Crippen molar-refractivity contribution in [1.29, 1.82) is 0 Å². The number of sulfonamides is 1. The van der Waals surface area contributed by atoms with E-state index >= 15 is 0 Å². The lowest BCUT2D eigenvalue weighted by molar-refractivity contribution is 0.00167. The summed E-state index contributed by atoms with van der Waals surface area (Å²) >= 11 is 0. The van der Waals surface area contributed by atoms with Gasteiger partial charge in [-0.25, -0.2) is 13.2 Å². The maximum Gasteiger partial charge on any atom is 0.319 e. The molecule has 1 aromatic carbocycles. The predicted molar refractivity (Wildman–Crippen MR) is 91.6 cm³/mol. The molecule has 0 unspecified atom stereocenters. The third kappa shape index (κ3) is 4.06. The van der Waals surface area contributed by atoms with Crippen LogP contribution >= 0.6 is 0 Å². The Morgan fingerprint density at radius 1 is 1.38 bits per heavy atom. The zero-order valence-electron chi connectivity index (χ0n) is 13.7. The van der Waals surface area contributed by atoms with Crippen LogP contribution in [0.4, 0.5) is 10.5 Å². The molecule has 132 valence electrons. The minimum absolute atomic E-state index is 0.264. The van der Waals surface area contributed by atoms with Crippen molar-refractivity contribution >= 4 is 21.7 Å². The van der Waals surface area contributed by atoms with Crippen LogP contribution < -0.4 is 10.6 Å². The average Bonchev–Trinajstić information content (AvgIpc) is 3.02. The van der Waals surface area contributed by atoms with Gasteiger partial charge in [0.25, 0.3) is 0 Å². The molecule has 1 saturated heterocycles. The van der Waals surface area contributed by atoms with Gasteiger partial charge in [0.2, 0.25) is 10.0 Å². The number of carbonyl (C=O) groups is 1. The molecule has 8 heteroatoms. The highest BCUT2D eigenvalue weighted by molar-refractivity contribution is 7.88. The van der Waals surface area contributed by atoms with E-state index in [4.69, 9.17) is 4.74 Å². The van der Waals surface area contributed by atoms with Crippen LogP contribution in [0.15, 0.2) is 18.2 Å². The van der Waals surface area contributed by atoms with Crippen LogP contribution in [0, 0.1) is 0 Å². The number of hydrogen-bond acceptors (Lipinski definition) is 4. The standard InChI is InChI=1S/C16H23N3O4S/c1-24(21,22)19-8-9-23-13(11-19)10-17-16(20)18-15-7-3-5-12-4-2-6-14(12)15/h3,5,7,13H,2,4,6,8-11H2,1H3,(H2,17,18,20)/t13-/m0/s1. The second-order valence-corrected chi connectivity index (χ2v) is 8.23. The highest BCUT2D eigenvalue weighted by atomic mass is 32.2. The second-order valence-electron chi connectivity index (χ2n) is 6.25. The van der Waals surface area contributed by atoms with Crippen LogP contribution in [-0.2, 0) is 27.6 Å². The minimum atomic E-state index is -3.23. The summed E-state index contributed by atoms with van der Waals surface area (Å²) in [6.07, 6.45) is 4.02. The molecule has 24 heavy (non-hydrogen) atoms. The van der Waals surface area contributed by atoms with Gasteiger partial charge in [0.05, 0.1) is 19.0 Å². The van der Waals surface area contributed by atoms with Crippen molar-refractivity contribution in [3.63, 3.8) is 0 Å². The maximum absolute atomic E-state index is 12.1. The first kappa shape index (κ1) is 17.2. The molecule has 1 heterocycles. The highest BCUT2D eigenvalue weighted by Gasteiger charge is 2.26.